The van der Waals surface area contributed by atoms with E-state index >= 15 is 0 Å². The standard InChI is InChI=1S/C13H13F3N4O/c1-7-11(17)18-8(2)19-12(7)20-9-5-3-4-6-10(9)21-13(14,15)16/h3-6H,1-2H3,(H3,17,18,19,20). The summed E-state index contributed by atoms with van der Waals surface area (Å²) >= 11 is 0. The van der Waals surface area contributed by atoms with Gasteiger partial charge in [0.25, 0.3) is 0 Å². The van der Waals surface area contributed by atoms with E-state index in [-0.39, 0.29) is 17.3 Å². The van der Waals surface area contributed by atoms with E-state index in [4.69, 9.17) is 5.73 Å². The fourth-order valence-corrected chi connectivity index (χ4v) is 1.68. The lowest BCUT2D eigenvalue weighted by molar-refractivity contribution is -0.274. The van der Waals surface area contributed by atoms with E-state index < -0.39 is 6.36 Å². The third kappa shape index (κ3) is 3.74. The molecular formula is C13H13F3N4O. The number of nitrogen functional groups attached to an aromatic ring is 1. The highest BCUT2D eigenvalue weighted by molar-refractivity contribution is 5.68. The Bertz CT molecular complexity index is 658. The maximum atomic E-state index is 12.4. The molecular weight excluding hydrogens is 285 g/mol. The molecule has 0 fully saturated rings. The molecule has 0 unspecified atom stereocenters. The molecule has 0 aliphatic carbocycles. The number of nitrogens with zero attached hydrogens (tertiary/aromatic N) is 2. The van der Waals surface area contributed by atoms with E-state index in [2.05, 4.69) is 20.0 Å². The van der Waals surface area contributed by atoms with Gasteiger partial charge in [-0.1, -0.05) is 12.1 Å². The maximum absolute atomic E-state index is 12.4. The molecule has 8 heteroatoms. The van der Waals surface area contributed by atoms with Crippen LogP contribution in [0.15, 0.2) is 24.3 Å². The van der Waals surface area contributed by atoms with E-state index in [1.165, 1.54) is 18.2 Å². The van der Waals surface area contributed by atoms with Crippen molar-refractivity contribution >= 4 is 17.3 Å². The van der Waals surface area contributed by atoms with Gasteiger partial charge >= 0.3 is 6.36 Å². The largest absolute Gasteiger partial charge is 0.573 e. The Morgan fingerprint density at radius 3 is 2.48 bits per heavy atom. The molecule has 5 nitrogen and oxygen atoms in total. The molecule has 0 amide bonds. The zero-order valence-electron chi connectivity index (χ0n) is 11.3. The normalized spacial score (nSPS) is 11.3. The van der Waals surface area contributed by atoms with E-state index in [0.717, 1.165) is 0 Å². The third-order valence-corrected chi connectivity index (χ3v) is 2.66. The van der Waals surface area contributed by atoms with Crippen LogP contribution in [0.2, 0.25) is 0 Å². The van der Waals surface area contributed by atoms with Crippen molar-refractivity contribution < 1.29 is 17.9 Å². The van der Waals surface area contributed by atoms with Crippen LogP contribution >= 0.6 is 0 Å². The quantitative estimate of drug-likeness (QED) is 0.909. The van der Waals surface area contributed by atoms with Gasteiger partial charge in [0.2, 0.25) is 0 Å². The van der Waals surface area contributed by atoms with Gasteiger partial charge in [-0.25, -0.2) is 9.97 Å². The maximum Gasteiger partial charge on any atom is 0.573 e. The van der Waals surface area contributed by atoms with Gasteiger partial charge in [-0.05, 0) is 26.0 Å². The highest BCUT2D eigenvalue weighted by Gasteiger charge is 2.32. The summed E-state index contributed by atoms with van der Waals surface area (Å²) in [6.45, 7) is 3.31. The fraction of sp³-hybridized carbons (Fsp3) is 0.231. The van der Waals surface area contributed by atoms with Crippen LogP contribution in [0.3, 0.4) is 0 Å². The van der Waals surface area contributed by atoms with E-state index in [1.54, 1.807) is 19.9 Å². The number of rotatable bonds is 3. The summed E-state index contributed by atoms with van der Waals surface area (Å²) in [6.07, 6.45) is -4.77. The molecule has 1 aromatic carbocycles. The molecule has 0 aliphatic rings. The van der Waals surface area contributed by atoms with Crippen LogP contribution in [-0.4, -0.2) is 16.3 Å². The number of nitrogens with two attached hydrogens (primary N) is 1. The van der Waals surface area contributed by atoms with Crippen molar-refractivity contribution in [1.29, 1.82) is 0 Å². The highest BCUT2D eigenvalue weighted by Crippen LogP contribution is 2.32. The SMILES string of the molecule is Cc1nc(N)c(C)c(Nc2ccccc2OC(F)(F)F)n1. The molecule has 0 saturated heterocycles. The van der Waals surface area contributed by atoms with E-state index in [1.807, 2.05) is 0 Å². The number of nitrogens with one attached hydrogen (secondary N) is 1. The smallest absolute Gasteiger partial charge is 0.404 e. The van der Waals surface area contributed by atoms with Crippen molar-refractivity contribution in [3.8, 4) is 5.75 Å². The number of alkyl halides is 3. The van der Waals surface area contributed by atoms with E-state index in [0.29, 0.717) is 17.2 Å². The molecule has 0 saturated carbocycles. The number of hydrogen-bond donors (Lipinski definition) is 2. The first-order chi connectivity index (χ1) is 9.76. The molecule has 0 radical (unpaired) electrons. The molecule has 0 bridgehead atoms. The molecule has 1 heterocycles. The van der Waals surface area contributed by atoms with Gasteiger partial charge < -0.3 is 15.8 Å². The minimum atomic E-state index is -4.77. The van der Waals surface area contributed by atoms with Gasteiger partial charge in [0.15, 0.2) is 5.75 Å². The number of ether oxygens (including phenoxy) is 1. The molecule has 3 N–H and O–H groups in total. The van der Waals surface area contributed by atoms with Crippen LogP contribution in [0.5, 0.6) is 5.75 Å². The number of para-hydroxylation sites is 2. The first-order valence-electron chi connectivity index (χ1n) is 5.99. The average Bonchev–Trinajstić information content (AvgIpc) is 2.36. The van der Waals surface area contributed by atoms with Gasteiger partial charge in [0.1, 0.15) is 17.5 Å². The summed E-state index contributed by atoms with van der Waals surface area (Å²) in [4.78, 5) is 8.10. The highest BCUT2D eigenvalue weighted by atomic mass is 19.4. The average molecular weight is 298 g/mol. The molecule has 0 spiro atoms. The lowest BCUT2D eigenvalue weighted by atomic mass is 10.2. The van der Waals surface area contributed by atoms with Gasteiger partial charge in [0.05, 0.1) is 5.69 Å². The second-order valence-corrected chi connectivity index (χ2v) is 4.30. The number of hydrogen-bond acceptors (Lipinski definition) is 5. The van der Waals surface area contributed by atoms with Crippen molar-refractivity contribution in [2.24, 2.45) is 0 Å². The number of aryl methyl sites for hydroxylation is 1. The number of aromatic nitrogens is 2. The second kappa shape index (κ2) is 5.47. The van der Waals surface area contributed by atoms with Gasteiger partial charge in [-0.2, -0.15) is 0 Å². The van der Waals surface area contributed by atoms with Crippen LogP contribution < -0.4 is 15.8 Å². The zero-order valence-corrected chi connectivity index (χ0v) is 11.3. The summed E-state index contributed by atoms with van der Waals surface area (Å²) in [5.74, 6) is 0.659. The molecule has 2 rings (SSSR count). The first kappa shape index (κ1) is 14.9. The van der Waals surface area contributed by atoms with E-state index in [9.17, 15) is 13.2 Å². The Labute approximate surface area is 119 Å². The van der Waals surface area contributed by atoms with Crippen LogP contribution in [-0.2, 0) is 0 Å². The van der Waals surface area contributed by atoms with Crippen molar-refractivity contribution in [3.05, 3.63) is 35.7 Å². The van der Waals surface area contributed by atoms with Crippen LogP contribution in [0.1, 0.15) is 11.4 Å². The minimum Gasteiger partial charge on any atom is -0.404 e. The predicted octanol–water partition coefficient (Wildman–Crippen LogP) is 3.32. The molecule has 21 heavy (non-hydrogen) atoms. The number of anilines is 3. The zero-order chi connectivity index (χ0) is 15.6. The Morgan fingerprint density at radius 2 is 1.81 bits per heavy atom. The van der Waals surface area contributed by atoms with Crippen molar-refractivity contribution in [2.75, 3.05) is 11.1 Å². The first-order valence-corrected chi connectivity index (χ1v) is 5.99. The summed E-state index contributed by atoms with van der Waals surface area (Å²) in [5.41, 5.74) is 6.39. The van der Waals surface area contributed by atoms with Crippen LogP contribution in [0, 0.1) is 13.8 Å². The van der Waals surface area contributed by atoms with Crippen molar-refractivity contribution in [2.45, 2.75) is 20.2 Å². The summed E-state index contributed by atoms with van der Waals surface area (Å²) < 4.78 is 41.1. The topological polar surface area (TPSA) is 73.1 Å². The minimum absolute atomic E-state index is 0.135. The third-order valence-electron chi connectivity index (χ3n) is 2.66. The monoisotopic (exact) mass is 298 g/mol. The van der Waals surface area contributed by atoms with Crippen LogP contribution in [0.4, 0.5) is 30.5 Å². The Kier molecular flexibility index (Phi) is 3.88. The fourth-order valence-electron chi connectivity index (χ4n) is 1.68. The molecule has 0 atom stereocenters. The Hall–Kier alpha value is -2.51. The lowest BCUT2D eigenvalue weighted by Crippen LogP contribution is -2.18. The Balaban J connectivity index is 2.36. The summed E-state index contributed by atoms with van der Waals surface area (Å²) in [7, 11) is 0. The second-order valence-electron chi connectivity index (χ2n) is 4.30. The summed E-state index contributed by atoms with van der Waals surface area (Å²) in [6, 6.07) is 5.69. The Morgan fingerprint density at radius 1 is 1.14 bits per heavy atom. The van der Waals surface area contributed by atoms with Crippen molar-refractivity contribution in [3.63, 3.8) is 0 Å². The molecule has 0 aliphatic heterocycles. The van der Waals surface area contributed by atoms with Gasteiger partial charge in [0, 0.05) is 5.56 Å². The molecule has 112 valence electrons. The number of halogens is 3. The van der Waals surface area contributed by atoms with Gasteiger partial charge in [-0.3, -0.25) is 0 Å². The predicted molar refractivity (Wildman–Crippen MR) is 72.3 cm³/mol. The van der Waals surface area contributed by atoms with Gasteiger partial charge in [-0.15, -0.1) is 13.2 Å². The lowest BCUT2D eigenvalue weighted by Gasteiger charge is -2.15. The number of benzene rings is 1. The molecule has 1 aromatic heterocycles. The summed E-state index contributed by atoms with van der Waals surface area (Å²) in [5, 5.41) is 2.79. The molecule has 2 aromatic rings. The van der Waals surface area contributed by atoms with Crippen molar-refractivity contribution in [1.82, 2.24) is 9.97 Å². The van der Waals surface area contributed by atoms with Crippen LogP contribution in [0.25, 0.3) is 0 Å².